The minimum atomic E-state index is -2.90. The van der Waals surface area contributed by atoms with Gasteiger partial charge in [0.15, 0.2) is 11.5 Å². The van der Waals surface area contributed by atoms with Crippen LogP contribution in [0.3, 0.4) is 0 Å². The van der Waals surface area contributed by atoms with Gasteiger partial charge in [-0.1, -0.05) is 6.07 Å². The maximum Gasteiger partial charge on any atom is 0.387 e. The second kappa shape index (κ2) is 6.85. The number of rotatable bonds is 7. The van der Waals surface area contributed by atoms with Crippen LogP contribution >= 0.6 is 0 Å². The molecule has 114 valence electrons. The maximum absolute atomic E-state index is 12.3. The lowest BCUT2D eigenvalue weighted by molar-refractivity contribution is -0.0512. The van der Waals surface area contributed by atoms with E-state index in [0.717, 1.165) is 5.56 Å². The Morgan fingerprint density at radius 1 is 1.30 bits per heavy atom. The van der Waals surface area contributed by atoms with Crippen LogP contribution in [0.4, 0.5) is 8.78 Å². The molecule has 0 radical (unpaired) electrons. The highest BCUT2D eigenvalue weighted by molar-refractivity contribution is 5.43. The van der Waals surface area contributed by atoms with E-state index >= 15 is 0 Å². The number of likely N-dealkylation sites (N-methyl/N-ethyl adjacent to an activating group) is 1. The molecule has 0 aliphatic heterocycles. The second-order valence-electron chi connectivity index (χ2n) is 5.35. The first-order chi connectivity index (χ1) is 9.21. The minimum Gasteiger partial charge on any atom is -0.493 e. The van der Waals surface area contributed by atoms with E-state index in [1.165, 1.54) is 13.2 Å². The minimum absolute atomic E-state index is 0.0108. The fourth-order valence-corrected chi connectivity index (χ4v) is 2.04. The third-order valence-corrected chi connectivity index (χ3v) is 2.55. The normalized spacial score (nSPS) is 12.1. The summed E-state index contributed by atoms with van der Waals surface area (Å²) < 4.78 is 34.1. The maximum atomic E-state index is 12.3. The molecule has 0 bridgehead atoms. The zero-order valence-electron chi connectivity index (χ0n) is 12.2. The van der Waals surface area contributed by atoms with Crippen molar-refractivity contribution in [2.45, 2.75) is 32.6 Å². The van der Waals surface area contributed by atoms with Gasteiger partial charge in [0.2, 0.25) is 0 Å². The number of alkyl halides is 2. The third-order valence-electron chi connectivity index (χ3n) is 2.55. The smallest absolute Gasteiger partial charge is 0.387 e. The Labute approximate surface area is 117 Å². The van der Waals surface area contributed by atoms with E-state index in [9.17, 15) is 13.9 Å². The predicted octanol–water partition coefficient (Wildman–Crippen LogP) is 2.50. The molecule has 0 atom stereocenters. The Kier molecular flexibility index (Phi) is 5.71. The highest BCUT2D eigenvalue weighted by Crippen LogP contribution is 2.29. The molecule has 20 heavy (non-hydrogen) atoms. The first kappa shape index (κ1) is 16.7. The molecule has 0 heterocycles. The number of ether oxygens (including phenoxy) is 2. The van der Waals surface area contributed by atoms with E-state index in [-0.39, 0.29) is 11.5 Å². The zero-order chi connectivity index (χ0) is 15.3. The first-order valence-electron chi connectivity index (χ1n) is 6.24. The van der Waals surface area contributed by atoms with Crippen LogP contribution in [0.25, 0.3) is 0 Å². The van der Waals surface area contributed by atoms with Crippen LogP contribution in [0.1, 0.15) is 19.4 Å². The Balaban J connectivity index is 2.81. The van der Waals surface area contributed by atoms with Crippen molar-refractivity contribution in [2.75, 3.05) is 20.7 Å². The average Bonchev–Trinajstić information content (AvgIpc) is 2.25. The SMILES string of the molecule is COc1ccc(CN(C)CC(C)(C)O)cc1OC(F)F. The fraction of sp³-hybridized carbons (Fsp3) is 0.571. The standard InChI is InChI=1S/C14H21F2NO3/c1-14(2,18)9-17(3)8-10-5-6-11(19-4)12(7-10)20-13(15)16/h5-7,13,18H,8-9H2,1-4H3. The van der Waals surface area contributed by atoms with E-state index in [0.29, 0.717) is 13.1 Å². The highest BCUT2D eigenvalue weighted by atomic mass is 19.3. The topological polar surface area (TPSA) is 41.9 Å². The van der Waals surface area contributed by atoms with Crippen LogP contribution in [-0.2, 0) is 6.54 Å². The fourth-order valence-electron chi connectivity index (χ4n) is 2.04. The number of nitrogens with zero attached hydrogens (tertiary/aromatic N) is 1. The number of hydrogen-bond acceptors (Lipinski definition) is 4. The van der Waals surface area contributed by atoms with Gasteiger partial charge in [-0.05, 0) is 38.6 Å². The monoisotopic (exact) mass is 289 g/mol. The first-order valence-corrected chi connectivity index (χ1v) is 6.24. The summed E-state index contributed by atoms with van der Waals surface area (Å²) in [4.78, 5) is 1.90. The van der Waals surface area contributed by atoms with E-state index in [4.69, 9.17) is 4.74 Å². The van der Waals surface area contributed by atoms with Gasteiger partial charge in [-0.2, -0.15) is 8.78 Å². The molecule has 0 saturated carbocycles. The van der Waals surface area contributed by atoms with Gasteiger partial charge < -0.3 is 14.6 Å². The van der Waals surface area contributed by atoms with Gasteiger partial charge in [-0.3, -0.25) is 4.90 Å². The number of halogens is 2. The number of aliphatic hydroxyl groups is 1. The predicted molar refractivity (Wildman–Crippen MR) is 72.3 cm³/mol. The number of benzene rings is 1. The molecule has 0 aliphatic carbocycles. The van der Waals surface area contributed by atoms with Crippen LogP contribution < -0.4 is 9.47 Å². The molecule has 1 aromatic rings. The third kappa shape index (κ3) is 5.71. The van der Waals surface area contributed by atoms with Crippen LogP contribution in [0.5, 0.6) is 11.5 Å². The second-order valence-corrected chi connectivity index (χ2v) is 5.35. The molecular weight excluding hydrogens is 268 g/mol. The van der Waals surface area contributed by atoms with Crippen LogP contribution in [0.2, 0.25) is 0 Å². The van der Waals surface area contributed by atoms with Crippen LogP contribution in [-0.4, -0.2) is 42.9 Å². The van der Waals surface area contributed by atoms with E-state index < -0.39 is 12.2 Å². The van der Waals surface area contributed by atoms with Crippen molar-refractivity contribution in [2.24, 2.45) is 0 Å². The summed E-state index contributed by atoms with van der Waals surface area (Å²) in [5, 5.41) is 9.74. The van der Waals surface area contributed by atoms with Crippen molar-refractivity contribution in [1.82, 2.24) is 4.90 Å². The summed E-state index contributed by atoms with van der Waals surface area (Å²) in [5.41, 5.74) is -0.0167. The molecule has 0 spiro atoms. The Morgan fingerprint density at radius 3 is 2.45 bits per heavy atom. The lowest BCUT2D eigenvalue weighted by Crippen LogP contribution is -2.35. The summed E-state index contributed by atoms with van der Waals surface area (Å²) >= 11 is 0. The van der Waals surface area contributed by atoms with Gasteiger partial charge in [0.1, 0.15) is 0 Å². The zero-order valence-corrected chi connectivity index (χ0v) is 12.2. The van der Waals surface area contributed by atoms with Crippen molar-refractivity contribution >= 4 is 0 Å². The molecule has 1 rings (SSSR count). The molecule has 1 N–H and O–H groups in total. The van der Waals surface area contributed by atoms with Gasteiger partial charge in [0.25, 0.3) is 0 Å². The largest absolute Gasteiger partial charge is 0.493 e. The van der Waals surface area contributed by atoms with Crippen molar-refractivity contribution in [3.63, 3.8) is 0 Å². The summed E-state index contributed by atoms with van der Waals surface area (Å²) in [5.74, 6) is 0.274. The highest BCUT2D eigenvalue weighted by Gasteiger charge is 2.17. The number of methoxy groups -OCH3 is 1. The summed E-state index contributed by atoms with van der Waals surface area (Å²) in [7, 11) is 3.24. The van der Waals surface area contributed by atoms with Gasteiger partial charge in [0, 0.05) is 13.1 Å². The lowest BCUT2D eigenvalue weighted by Gasteiger charge is -2.25. The molecule has 4 nitrogen and oxygen atoms in total. The molecule has 0 amide bonds. The van der Waals surface area contributed by atoms with Crippen molar-refractivity contribution < 1.29 is 23.4 Å². The van der Waals surface area contributed by atoms with Crippen molar-refractivity contribution in [3.05, 3.63) is 23.8 Å². The average molecular weight is 289 g/mol. The van der Waals surface area contributed by atoms with Gasteiger partial charge in [-0.25, -0.2) is 0 Å². The van der Waals surface area contributed by atoms with Crippen LogP contribution in [0, 0.1) is 0 Å². The van der Waals surface area contributed by atoms with Crippen LogP contribution in [0.15, 0.2) is 18.2 Å². The Bertz CT molecular complexity index is 433. The van der Waals surface area contributed by atoms with E-state index in [1.807, 2.05) is 11.9 Å². The van der Waals surface area contributed by atoms with Crippen molar-refractivity contribution in [1.29, 1.82) is 0 Å². The lowest BCUT2D eigenvalue weighted by atomic mass is 10.1. The molecule has 0 unspecified atom stereocenters. The van der Waals surface area contributed by atoms with Crippen molar-refractivity contribution in [3.8, 4) is 11.5 Å². The van der Waals surface area contributed by atoms with Gasteiger partial charge in [-0.15, -0.1) is 0 Å². The number of hydrogen-bond donors (Lipinski definition) is 1. The van der Waals surface area contributed by atoms with E-state index in [2.05, 4.69) is 4.74 Å². The molecule has 6 heteroatoms. The molecule has 0 saturated heterocycles. The summed E-state index contributed by atoms with van der Waals surface area (Å²) in [6.07, 6.45) is 0. The quantitative estimate of drug-likeness (QED) is 0.837. The molecule has 0 aromatic heterocycles. The van der Waals surface area contributed by atoms with Gasteiger partial charge in [0.05, 0.1) is 12.7 Å². The Morgan fingerprint density at radius 2 is 1.95 bits per heavy atom. The van der Waals surface area contributed by atoms with Gasteiger partial charge >= 0.3 is 6.61 Å². The van der Waals surface area contributed by atoms with E-state index in [1.54, 1.807) is 26.0 Å². The Hall–Kier alpha value is -1.40. The molecular formula is C14H21F2NO3. The summed E-state index contributed by atoms with van der Waals surface area (Å²) in [6, 6.07) is 4.88. The molecule has 0 fully saturated rings. The molecule has 1 aromatic carbocycles. The molecule has 0 aliphatic rings. The summed E-state index contributed by atoms with van der Waals surface area (Å²) in [6.45, 7) is 1.50.